The minimum Gasteiger partial charge on any atom is -0.477 e. The Hall–Kier alpha value is -3.39. The van der Waals surface area contributed by atoms with E-state index in [0.29, 0.717) is 6.07 Å². The molecule has 1 heterocycles. The summed E-state index contributed by atoms with van der Waals surface area (Å²) < 4.78 is 42.9. The maximum Gasteiger partial charge on any atom is 0.341 e. The number of carboxylic acid groups (broad SMARTS) is 1. The third kappa shape index (κ3) is 3.11. The summed E-state index contributed by atoms with van der Waals surface area (Å²) in [5.74, 6) is -4.33. The van der Waals surface area contributed by atoms with E-state index < -0.39 is 41.0 Å². The Morgan fingerprint density at radius 2 is 1.78 bits per heavy atom. The number of hydrogen-bond acceptors (Lipinski definition) is 3. The fourth-order valence-electron chi connectivity index (χ4n) is 2.73. The van der Waals surface area contributed by atoms with E-state index in [9.17, 15) is 33.0 Å². The van der Waals surface area contributed by atoms with Crippen LogP contribution in [-0.4, -0.2) is 27.4 Å². The van der Waals surface area contributed by atoms with Crippen LogP contribution in [-0.2, 0) is 0 Å². The molecule has 0 saturated carbocycles. The Labute approximate surface area is 150 Å². The zero-order valence-electron chi connectivity index (χ0n) is 13.7. The van der Waals surface area contributed by atoms with Crippen molar-refractivity contribution in [2.24, 2.45) is 0 Å². The number of pyridine rings is 1. The number of benzene rings is 2. The van der Waals surface area contributed by atoms with Crippen LogP contribution < -0.4 is 5.43 Å². The lowest BCUT2D eigenvalue weighted by molar-refractivity contribution is 0.0695. The summed E-state index contributed by atoms with van der Waals surface area (Å²) >= 11 is 0. The number of fused-ring (bicyclic) bond motifs is 1. The molecule has 1 aromatic heterocycles. The molecule has 0 bridgehead atoms. The minimum atomic E-state index is -1.58. The highest BCUT2D eigenvalue weighted by atomic mass is 19.1. The zero-order chi connectivity index (χ0) is 19.9. The van der Waals surface area contributed by atoms with Crippen molar-refractivity contribution in [1.82, 2.24) is 4.57 Å². The standard InChI is InChI=1S/C19H12F3NO4/c1-9(8-24)11-6-17-12(5-14(11)21)18(25)13(19(26)27)7-23(17)16-3-2-10(20)4-15(16)22/h2-7,24H,1,8H2,(H,26,27). The Bertz CT molecular complexity index is 1170. The van der Waals surface area contributed by atoms with E-state index in [1.807, 2.05) is 0 Å². The van der Waals surface area contributed by atoms with Crippen molar-refractivity contribution < 1.29 is 28.2 Å². The topological polar surface area (TPSA) is 79.5 Å². The van der Waals surface area contributed by atoms with Gasteiger partial charge in [-0.05, 0) is 29.8 Å². The van der Waals surface area contributed by atoms with Crippen molar-refractivity contribution in [3.8, 4) is 5.69 Å². The van der Waals surface area contributed by atoms with Crippen molar-refractivity contribution >= 4 is 22.4 Å². The van der Waals surface area contributed by atoms with Gasteiger partial charge >= 0.3 is 5.97 Å². The Balaban J connectivity index is 2.49. The SMILES string of the molecule is C=C(CO)c1cc2c(cc1F)c(=O)c(C(=O)O)cn2-c1ccc(F)cc1F. The van der Waals surface area contributed by atoms with Gasteiger partial charge in [-0.25, -0.2) is 18.0 Å². The largest absolute Gasteiger partial charge is 0.477 e. The molecule has 3 rings (SSSR count). The smallest absolute Gasteiger partial charge is 0.341 e. The zero-order valence-corrected chi connectivity index (χ0v) is 13.7. The molecule has 2 N–H and O–H groups in total. The number of carboxylic acids is 1. The van der Waals surface area contributed by atoms with Crippen LogP contribution in [0.5, 0.6) is 0 Å². The van der Waals surface area contributed by atoms with Crippen LogP contribution in [0.4, 0.5) is 13.2 Å². The number of halogens is 3. The predicted molar refractivity (Wildman–Crippen MR) is 92.5 cm³/mol. The number of aliphatic hydroxyl groups is 1. The number of hydrogen-bond donors (Lipinski definition) is 2. The van der Waals surface area contributed by atoms with Gasteiger partial charge in [0.05, 0.1) is 17.8 Å². The highest BCUT2D eigenvalue weighted by Crippen LogP contribution is 2.26. The lowest BCUT2D eigenvalue weighted by Gasteiger charge is -2.15. The monoisotopic (exact) mass is 375 g/mol. The molecule has 0 aliphatic heterocycles. The van der Waals surface area contributed by atoms with Crippen molar-refractivity contribution in [2.75, 3.05) is 6.61 Å². The second kappa shape index (κ2) is 6.73. The van der Waals surface area contributed by atoms with Crippen LogP contribution in [0.1, 0.15) is 15.9 Å². The van der Waals surface area contributed by atoms with Gasteiger partial charge in [-0.1, -0.05) is 6.58 Å². The summed E-state index contributed by atoms with van der Waals surface area (Å²) in [4.78, 5) is 23.8. The number of nitrogens with zero attached hydrogens (tertiary/aromatic N) is 1. The Morgan fingerprint density at radius 1 is 1.07 bits per heavy atom. The first-order chi connectivity index (χ1) is 12.7. The van der Waals surface area contributed by atoms with Gasteiger partial charge in [0.2, 0.25) is 5.43 Å². The lowest BCUT2D eigenvalue weighted by atomic mass is 10.0. The summed E-state index contributed by atoms with van der Waals surface area (Å²) in [7, 11) is 0. The number of rotatable bonds is 4. The van der Waals surface area contributed by atoms with E-state index in [0.717, 1.165) is 35.0 Å². The summed E-state index contributed by atoms with van der Waals surface area (Å²) in [6.07, 6.45) is 0.882. The molecular formula is C19H12F3NO4. The molecule has 138 valence electrons. The van der Waals surface area contributed by atoms with Crippen LogP contribution in [0.25, 0.3) is 22.2 Å². The molecule has 0 aliphatic rings. The molecule has 8 heteroatoms. The van der Waals surface area contributed by atoms with Gasteiger partial charge in [-0.2, -0.15) is 0 Å². The molecule has 0 fully saturated rings. The molecule has 3 aromatic rings. The van der Waals surface area contributed by atoms with Crippen LogP contribution in [0.15, 0.2) is 47.9 Å². The summed E-state index contributed by atoms with van der Waals surface area (Å²) in [6.45, 7) is 2.95. The third-order valence-corrected chi connectivity index (χ3v) is 4.06. The number of aliphatic hydroxyl groups excluding tert-OH is 1. The number of aromatic carboxylic acids is 1. The van der Waals surface area contributed by atoms with E-state index in [-0.39, 0.29) is 27.7 Å². The van der Waals surface area contributed by atoms with Gasteiger partial charge in [0.25, 0.3) is 0 Å². The summed E-state index contributed by atoms with van der Waals surface area (Å²) in [5, 5.41) is 18.1. The quantitative estimate of drug-likeness (QED) is 0.734. The predicted octanol–water partition coefficient (Wildman–Crippen LogP) is 3.11. The Morgan fingerprint density at radius 3 is 2.37 bits per heavy atom. The molecule has 0 radical (unpaired) electrons. The molecule has 2 aromatic carbocycles. The Kier molecular flexibility index (Phi) is 4.59. The minimum absolute atomic E-state index is 0.00953. The summed E-state index contributed by atoms with van der Waals surface area (Å²) in [5.41, 5.74) is -2.05. The van der Waals surface area contributed by atoms with Crippen LogP contribution in [0.2, 0.25) is 0 Å². The second-order valence-electron chi connectivity index (χ2n) is 5.75. The number of carbonyl (C=O) groups is 1. The molecule has 5 nitrogen and oxygen atoms in total. The molecule has 0 amide bonds. The van der Waals surface area contributed by atoms with Gasteiger partial charge in [0.15, 0.2) is 0 Å². The molecule has 0 spiro atoms. The van der Waals surface area contributed by atoms with Crippen molar-refractivity contribution in [2.45, 2.75) is 0 Å². The van der Waals surface area contributed by atoms with E-state index in [1.54, 1.807) is 0 Å². The fraction of sp³-hybridized carbons (Fsp3) is 0.0526. The van der Waals surface area contributed by atoms with Crippen molar-refractivity contribution in [1.29, 1.82) is 0 Å². The molecular weight excluding hydrogens is 363 g/mol. The fourth-order valence-corrected chi connectivity index (χ4v) is 2.73. The van der Waals surface area contributed by atoms with Gasteiger partial charge < -0.3 is 14.8 Å². The number of aromatic nitrogens is 1. The van der Waals surface area contributed by atoms with Crippen LogP contribution in [0.3, 0.4) is 0 Å². The van der Waals surface area contributed by atoms with E-state index in [2.05, 4.69) is 6.58 Å². The van der Waals surface area contributed by atoms with Crippen molar-refractivity contribution in [3.63, 3.8) is 0 Å². The average Bonchev–Trinajstić information content (AvgIpc) is 2.61. The highest BCUT2D eigenvalue weighted by Gasteiger charge is 2.19. The van der Waals surface area contributed by atoms with E-state index >= 15 is 0 Å². The first-order valence-corrected chi connectivity index (χ1v) is 7.61. The van der Waals surface area contributed by atoms with Crippen molar-refractivity contribution in [3.05, 3.63) is 81.9 Å². The van der Waals surface area contributed by atoms with Crippen LogP contribution >= 0.6 is 0 Å². The maximum absolute atomic E-state index is 14.3. The lowest BCUT2D eigenvalue weighted by Crippen LogP contribution is -2.19. The molecule has 0 unspecified atom stereocenters. The normalized spacial score (nSPS) is 11.0. The highest BCUT2D eigenvalue weighted by molar-refractivity contribution is 5.94. The molecule has 0 saturated heterocycles. The van der Waals surface area contributed by atoms with Crippen LogP contribution in [0, 0.1) is 17.5 Å². The third-order valence-electron chi connectivity index (χ3n) is 4.06. The first kappa shape index (κ1) is 18.4. The molecule has 0 aliphatic carbocycles. The second-order valence-corrected chi connectivity index (χ2v) is 5.75. The first-order valence-electron chi connectivity index (χ1n) is 7.61. The van der Waals surface area contributed by atoms with Gasteiger partial charge in [0.1, 0.15) is 23.0 Å². The average molecular weight is 375 g/mol. The van der Waals surface area contributed by atoms with E-state index in [4.69, 9.17) is 0 Å². The van der Waals surface area contributed by atoms with Gasteiger partial charge in [-0.3, -0.25) is 4.79 Å². The molecule has 0 atom stereocenters. The van der Waals surface area contributed by atoms with E-state index in [1.165, 1.54) is 0 Å². The summed E-state index contributed by atoms with van der Waals surface area (Å²) in [6, 6.07) is 4.57. The van der Waals surface area contributed by atoms with Gasteiger partial charge in [0, 0.05) is 23.2 Å². The van der Waals surface area contributed by atoms with Gasteiger partial charge in [-0.15, -0.1) is 0 Å². The maximum atomic E-state index is 14.3. The molecule has 27 heavy (non-hydrogen) atoms.